The summed E-state index contributed by atoms with van der Waals surface area (Å²) in [4.78, 5) is 28.6. The second-order valence-electron chi connectivity index (χ2n) is 9.48. The Hall–Kier alpha value is -2.87. The fourth-order valence-corrected chi connectivity index (χ4v) is 5.52. The number of hydrogen-bond acceptors (Lipinski definition) is 4. The SMILES string of the molecule is CC[C@@H](C(=O)NC1CCCC1)N(Cc1ccc(C)cc1)C(=O)CN(c1ccccc1C)S(C)(=O)=O. The lowest BCUT2D eigenvalue weighted by Gasteiger charge is -2.33. The summed E-state index contributed by atoms with van der Waals surface area (Å²) >= 11 is 0. The third kappa shape index (κ3) is 7.07. The first-order valence-corrected chi connectivity index (χ1v) is 14.1. The molecular weight excluding hydrogens is 462 g/mol. The van der Waals surface area contributed by atoms with Crippen LogP contribution in [0.5, 0.6) is 0 Å². The predicted molar refractivity (Wildman–Crippen MR) is 140 cm³/mol. The molecular formula is C27H37N3O4S. The van der Waals surface area contributed by atoms with Crippen molar-refractivity contribution in [1.29, 1.82) is 0 Å². The van der Waals surface area contributed by atoms with E-state index in [1.165, 1.54) is 4.90 Å². The molecule has 0 aliphatic heterocycles. The maximum atomic E-state index is 13.7. The lowest BCUT2D eigenvalue weighted by molar-refractivity contribution is -0.140. The van der Waals surface area contributed by atoms with Gasteiger partial charge >= 0.3 is 0 Å². The molecule has 1 saturated carbocycles. The molecule has 1 N–H and O–H groups in total. The normalized spacial score (nSPS) is 15.0. The van der Waals surface area contributed by atoms with E-state index >= 15 is 0 Å². The van der Waals surface area contributed by atoms with E-state index < -0.39 is 22.0 Å². The van der Waals surface area contributed by atoms with Gasteiger partial charge in [-0.3, -0.25) is 13.9 Å². The van der Waals surface area contributed by atoms with Crippen molar-refractivity contribution in [3.05, 3.63) is 65.2 Å². The van der Waals surface area contributed by atoms with Gasteiger partial charge in [-0.25, -0.2) is 8.42 Å². The van der Waals surface area contributed by atoms with E-state index in [2.05, 4.69) is 5.32 Å². The molecule has 2 aromatic rings. The van der Waals surface area contributed by atoms with E-state index in [4.69, 9.17) is 0 Å². The molecule has 1 aliphatic carbocycles. The van der Waals surface area contributed by atoms with Crippen LogP contribution < -0.4 is 9.62 Å². The van der Waals surface area contributed by atoms with E-state index in [9.17, 15) is 18.0 Å². The van der Waals surface area contributed by atoms with E-state index in [1.807, 2.05) is 57.2 Å². The molecule has 1 aliphatic rings. The Bertz CT molecular complexity index is 1130. The van der Waals surface area contributed by atoms with E-state index in [-0.39, 0.29) is 25.0 Å². The molecule has 1 fully saturated rings. The molecule has 0 aromatic heterocycles. The topological polar surface area (TPSA) is 86.8 Å². The van der Waals surface area contributed by atoms with Crippen molar-refractivity contribution in [3.8, 4) is 0 Å². The van der Waals surface area contributed by atoms with Crippen molar-refractivity contribution in [3.63, 3.8) is 0 Å². The van der Waals surface area contributed by atoms with Crippen LogP contribution in [0.4, 0.5) is 5.69 Å². The molecule has 2 amide bonds. The number of rotatable bonds is 10. The summed E-state index contributed by atoms with van der Waals surface area (Å²) in [5.41, 5.74) is 3.20. The van der Waals surface area contributed by atoms with Gasteiger partial charge in [0.15, 0.2) is 0 Å². The number of aryl methyl sites for hydroxylation is 2. The number of nitrogens with zero attached hydrogens (tertiary/aromatic N) is 2. The van der Waals surface area contributed by atoms with Gasteiger partial charge in [-0.2, -0.15) is 0 Å². The fraction of sp³-hybridized carbons (Fsp3) is 0.481. The van der Waals surface area contributed by atoms with E-state index in [1.54, 1.807) is 12.1 Å². The summed E-state index contributed by atoms with van der Waals surface area (Å²) in [6, 6.07) is 14.3. The van der Waals surface area contributed by atoms with E-state index in [0.717, 1.165) is 52.9 Å². The molecule has 0 radical (unpaired) electrons. The molecule has 0 spiro atoms. The van der Waals surface area contributed by atoms with Crippen molar-refractivity contribution in [2.24, 2.45) is 0 Å². The number of carbonyl (C=O) groups excluding carboxylic acids is 2. The Labute approximate surface area is 209 Å². The smallest absolute Gasteiger partial charge is 0.244 e. The minimum atomic E-state index is -3.73. The Morgan fingerprint density at radius 3 is 2.23 bits per heavy atom. The number of para-hydroxylation sites is 1. The first kappa shape index (κ1) is 26.7. The molecule has 1 atom stereocenters. The summed E-state index contributed by atoms with van der Waals surface area (Å²) in [6.45, 7) is 5.53. The van der Waals surface area contributed by atoms with Gasteiger partial charge in [0.25, 0.3) is 0 Å². The van der Waals surface area contributed by atoms with Crippen LogP contribution in [0.15, 0.2) is 48.5 Å². The molecule has 0 heterocycles. The number of nitrogens with one attached hydrogen (secondary N) is 1. The first-order chi connectivity index (χ1) is 16.6. The minimum Gasteiger partial charge on any atom is -0.352 e. The molecule has 0 unspecified atom stereocenters. The zero-order chi connectivity index (χ0) is 25.6. The molecule has 0 bridgehead atoms. The molecule has 2 aromatic carbocycles. The predicted octanol–water partition coefficient (Wildman–Crippen LogP) is 3.94. The van der Waals surface area contributed by atoms with Crippen LogP contribution in [0.2, 0.25) is 0 Å². The number of sulfonamides is 1. The highest BCUT2D eigenvalue weighted by atomic mass is 32.2. The summed E-state index contributed by atoms with van der Waals surface area (Å²) in [5, 5.41) is 3.12. The lowest BCUT2D eigenvalue weighted by Crippen LogP contribution is -2.53. The van der Waals surface area contributed by atoms with Crippen LogP contribution in [0, 0.1) is 13.8 Å². The Morgan fingerprint density at radius 1 is 1.03 bits per heavy atom. The first-order valence-electron chi connectivity index (χ1n) is 12.3. The maximum absolute atomic E-state index is 13.7. The molecule has 0 saturated heterocycles. The average Bonchev–Trinajstić information content (AvgIpc) is 3.31. The number of amides is 2. The average molecular weight is 500 g/mol. The summed E-state index contributed by atoms with van der Waals surface area (Å²) < 4.78 is 26.6. The van der Waals surface area contributed by atoms with Gasteiger partial charge in [-0.1, -0.05) is 67.8 Å². The van der Waals surface area contributed by atoms with Crippen LogP contribution in [0.1, 0.15) is 55.7 Å². The van der Waals surface area contributed by atoms with Crippen LogP contribution in [0.25, 0.3) is 0 Å². The zero-order valence-corrected chi connectivity index (χ0v) is 22.0. The minimum absolute atomic E-state index is 0.132. The van der Waals surface area contributed by atoms with Gasteiger partial charge in [0.2, 0.25) is 21.8 Å². The highest BCUT2D eigenvalue weighted by molar-refractivity contribution is 7.92. The van der Waals surface area contributed by atoms with Gasteiger partial charge < -0.3 is 10.2 Å². The Balaban J connectivity index is 1.92. The molecule has 190 valence electrons. The number of benzene rings is 2. The Kier molecular flexibility index (Phi) is 8.94. The standard InChI is InChI=1S/C27H37N3O4S/c1-5-24(27(32)28-23-11-7-8-12-23)29(18-22-16-14-20(2)15-17-22)26(31)19-30(35(4,33)34)25-13-9-6-10-21(25)3/h6,9-10,13-17,23-24H,5,7-8,11-12,18-19H2,1-4H3,(H,28,32)/t24-/m0/s1. The summed E-state index contributed by atoms with van der Waals surface area (Å²) in [5.74, 6) is -0.589. The van der Waals surface area contributed by atoms with Gasteiger partial charge in [0, 0.05) is 12.6 Å². The number of carbonyl (C=O) groups is 2. The van der Waals surface area contributed by atoms with Crippen molar-refractivity contribution < 1.29 is 18.0 Å². The maximum Gasteiger partial charge on any atom is 0.244 e. The largest absolute Gasteiger partial charge is 0.352 e. The third-order valence-electron chi connectivity index (χ3n) is 6.62. The monoisotopic (exact) mass is 499 g/mol. The molecule has 35 heavy (non-hydrogen) atoms. The van der Waals surface area contributed by atoms with E-state index in [0.29, 0.717) is 12.1 Å². The highest BCUT2D eigenvalue weighted by Gasteiger charge is 2.33. The molecule has 3 rings (SSSR count). The van der Waals surface area contributed by atoms with Gasteiger partial charge in [-0.15, -0.1) is 0 Å². The van der Waals surface area contributed by atoms with Crippen molar-refractivity contribution in [2.75, 3.05) is 17.1 Å². The van der Waals surface area contributed by atoms with Crippen LogP contribution >= 0.6 is 0 Å². The van der Waals surface area contributed by atoms with Gasteiger partial charge in [0.05, 0.1) is 11.9 Å². The zero-order valence-electron chi connectivity index (χ0n) is 21.2. The summed E-state index contributed by atoms with van der Waals surface area (Å²) in [7, 11) is -3.73. The second-order valence-corrected chi connectivity index (χ2v) is 11.4. The van der Waals surface area contributed by atoms with Crippen LogP contribution in [0.3, 0.4) is 0 Å². The quantitative estimate of drug-likeness (QED) is 0.537. The summed E-state index contributed by atoms with van der Waals surface area (Å²) in [6.07, 6.45) is 5.61. The number of anilines is 1. The highest BCUT2D eigenvalue weighted by Crippen LogP contribution is 2.24. The Morgan fingerprint density at radius 2 is 1.66 bits per heavy atom. The number of hydrogen-bond donors (Lipinski definition) is 1. The fourth-order valence-electron chi connectivity index (χ4n) is 4.62. The van der Waals surface area contributed by atoms with Crippen LogP contribution in [-0.2, 0) is 26.2 Å². The van der Waals surface area contributed by atoms with Crippen molar-refractivity contribution >= 4 is 27.5 Å². The molecule has 7 nitrogen and oxygen atoms in total. The third-order valence-corrected chi connectivity index (χ3v) is 7.75. The van der Waals surface area contributed by atoms with Gasteiger partial charge in [-0.05, 0) is 50.3 Å². The van der Waals surface area contributed by atoms with Crippen molar-refractivity contribution in [2.45, 2.75) is 71.5 Å². The van der Waals surface area contributed by atoms with Gasteiger partial charge in [0.1, 0.15) is 12.6 Å². The second kappa shape index (κ2) is 11.7. The molecule has 8 heteroatoms. The van der Waals surface area contributed by atoms with Crippen molar-refractivity contribution in [1.82, 2.24) is 10.2 Å². The van der Waals surface area contributed by atoms with Crippen LogP contribution in [-0.4, -0.2) is 50.0 Å². The lowest BCUT2D eigenvalue weighted by atomic mass is 10.1.